The lowest BCUT2D eigenvalue weighted by Crippen LogP contribution is -2.26. The minimum atomic E-state index is 0.330. The topological polar surface area (TPSA) is 42.4 Å². The Morgan fingerprint density at radius 1 is 1.16 bits per heavy atom. The summed E-state index contributed by atoms with van der Waals surface area (Å²) < 4.78 is 5.65. The van der Waals surface area contributed by atoms with Crippen LogP contribution in [0.1, 0.15) is 29.5 Å². The van der Waals surface area contributed by atoms with Crippen LogP contribution in [0.2, 0.25) is 0 Å². The molecular weight excluding hydrogens is 236 g/mol. The van der Waals surface area contributed by atoms with E-state index in [4.69, 9.17) is 10.2 Å². The Kier molecular flexibility index (Phi) is 4.77. The van der Waals surface area contributed by atoms with Crippen LogP contribution in [-0.4, -0.2) is 18.5 Å². The molecule has 2 rings (SSSR count). The van der Waals surface area contributed by atoms with E-state index in [0.717, 1.165) is 24.5 Å². The molecule has 1 heterocycles. The van der Waals surface area contributed by atoms with Gasteiger partial charge in [-0.25, -0.2) is 0 Å². The molecule has 0 spiro atoms. The molecule has 19 heavy (non-hydrogen) atoms. The van der Waals surface area contributed by atoms with Gasteiger partial charge in [0.15, 0.2) is 0 Å². The summed E-state index contributed by atoms with van der Waals surface area (Å²) in [5, 5.41) is 0. The second kappa shape index (κ2) is 6.55. The molecule has 3 heteroatoms. The summed E-state index contributed by atoms with van der Waals surface area (Å²) in [4.78, 5) is 2.29. The van der Waals surface area contributed by atoms with Crippen LogP contribution in [0.25, 0.3) is 0 Å². The Labute approximate surface area is 115 Å². The van der Waals surface area contributed by atoms with E-state index >= 15 is 0 Å². The van der Waals surface area contributed by atoms with E-state index in [1.165, 1.54) is 5.56 Å². The summed E-state index contributed by atoms with van der Waals surface area (Å²) in [6, 6.07) is 14.9. The lowest BCUT2D eigenvalue weighted by Gasteiger charge is -2.27. The van der Waals surface area contributed by atoms with E-state index in [2.05, 4.69) is 36.2 Å². The Morgan fingerprint density at radius 2 is 1.89 bits per heavy atom. The normalized spacial score (nSPS) is 12.8. The number of furan rings is 1. The van der Waals surface area contributed by atoms with Gasteiger partial charge in [-0.05, 0) is 44.6 Å². The molecule has 2 N–H and O–H groups in total. The summed E-state index contributed by atoms with van der Waals surface area (Å²) in [7, 11) is 2.12. The van der Waals surface area contributed by atoms with Crippen molar-refractivity contribution < 1.29 is 4.42 Å². The predicted molar refractivity (Wildman–Crippen MR) is 77.8 cm³/mol. The molecule has 0 radical (unpaired) electrons. The van der Waals surface area contributed by atoms with Gasteiger partial charge in [-0.1, -0.05) is 30.3 Å². The third kappa shape index (κ3) is 3.69. The van der Waals surface area contributed by atoms with E-state index in [0.29, 0.717) is 12.6 Å². The van der Waals surface area contributed by atoms with E-state index in [9.17, 15) is 0 Å². The van der Waals surface area contributed by atoms with E-state index in [1.54, 1.807) is 0 Å². The number of nitrogens with two attached hydrogens (primary N) is 1. The van der Waals surface area contributed by atoms with Crippen molar-refractivity contribution in [2.75, 3.05) is 13.6 Å². The highest BCUT2D eigenvalue weighted by atomic mass is 16.3. The summed E-state index contributed by atoms with van der Waals surface area (Å²) in [6.45, 7) is 3.45. The number of hydrogen-bond donors (Lipinski definition) is 1. The molecule has 0 aliphatic carbocycles. The molecule has 0 aliphatic heterocycles. The number of aryl methyl sites for hydroxylation is 1. The molecule has 1 atom stereocenters. The summed E-state index contributed by atoms with van der Waals surface area (Å²) in [5.74, 6) is 1.96. The molecule has 3 nitrogen and oxygen atoms in total. The maximum atomic E-state index is 5.75. The van der Waals surface area contributed by atoms with Gasteiger partial charge in [0.1, 0.15) is 11.5 Å². The van der Waals surface area contributed by atoms with E-state index in [-0.39, 0.29) is 0 Å². The smallest absolute Gasteiger partial charge is 0.118 e. The zero-order valence-corrected chi connectivity index (χ0v) is 11.7. The average molecular weight is 258 g/mol. The van der Waals surface area contributed by atoms with Crippen molar-refractivity contribution in [1.29, 1.82) is 0 Å². The molecule has 0 aliphatic rings. The molecule has 1 aromatic heterocycles. The second-order valence-corrected chi connectivity index (χ2v) is 4.93. The van der Waals surface area contributed by atoms with Crippen molar-refractivity contribution in [3.63, 3.8) is 0 Å². The lowest BCUT2D eigenvalue weighted by molar-refractivity contribution is 0.209. The minimum Gasteiger partial charge on any atom is -0.465 e. The van der Waals surface area contributed by atoms with Crippen LogP contribution < -0.4 is 5.73 Å². The highest BCUT2D eigenvalue weighted by Gasteiger charge is 2.17. The monoisotopic (exact) mass is 258 g/mol. The first-order valence-electron chi connectivity index (χ1n) is 6.71. The quantitative estimate of drug-likeness (QED) is 0.865. The van der Waals surface area contributed by atoms with Crippen LogP contribution in [0.3, 0.4) is 0 Å². The van der Waals surface area contributed by atoms with Crippen molar-refractivity contribution in [3.8, 4) is 0 Å². The summed E-state index contributed by atoms with van der Waals surface area (Å²) >= 11 is 0. The van der Waals surface area contributed by atoms with E-state index in [1.807, 2.05) is 25.1 Å². The van der Waals surface area contributed by atoms with Crippen LogP contribution in [-0.2, 0) is 6.54 Å². The zero-order valence-electron chi connectivity index (χ0n) is 11.7. The first-order valence-corrected chi connectivity index (χ1v) is 6.71. The van der Waals surface area contributed by atoms with Crippen molar-refractivity contribution in [2.45, 2.75) is 25.9 Å². The van der Waals surface area contributed by atoms with Gasteiger partial charge in [-0.2, -0.15) is 0 Å². The molecule has 0 saturated carbocycles. The fraction of sp³-hybridized carbons (Fsp3) is 0.375. The van der Waals surface area contributed by atoms with Crippen LogP contribution in [0.4, 0.5) is 0 Å². The van der Waals surface area contributed by atoms with Crippen LogP contribution >= 0.6 is 0 Å². The third-order valence-corrected chi connectivity index (χ3v) is 3.36. The number of benzene rings is 1. The fourth-order valence-electron chi connectivity index (χ4n) is 2.40. The number of hydrogen-bond acceptors (Lipinski definition) is 3. The molecule has 0 fully saturated rings. The van der Waals surface area contributed by atoms with Crippen molar-refractivity contribution >= 4 is 0 Å². The predicted octanol–water partition coefficient (Wildman–Crippen LogP) is 3.11. The highest BCUT2D eigenvalue weighted by Crippen LogP contribution is 2.24. The molecule has 2 aromatic rings. The van der Waals surface area contributed by atoms with Crippen molar-refractivity contribution in [2.24, 2.45) is 5.73 Å². The third-order valence-electron chi connectivity index (χ3n) is 3.36. The molecule has 1 aromatic carbocycles. The molecule has 102 valence electrons. The largest absolute Gasteiger partial charge is 0.465 e. The van der Waals surface area contributed by atoms with Gasteiger partial charge in [0, 0.05) is 6.04 Å². The summed E-state index contributed by atoms with van der Waals surface area (Å²) in [6.07, 6.45) is 0.945. The van der Waals surface area contributed by atoms with Gasteiger partial charge in [0.25, 0.3) is 0 Å². The van der Waals surface area contributed by atoms with Gasteiger partial charge >= 0.3 is 0 Å². The Balaban J connectivity index is 2.10. The maximum absolute atomic E-state index is 5.75. The molecule has 0 saturated heterocycles. The molecule has 1 unspecified atom stereocenters. The van der Waals surface area contributed by atoms with Gasteiger partial charge in [-0.3, -0.25) is 4.90 Å². The Hall–Kier alpha value is -1.58. The van der Waals surface area contributed by atoms with Crippen LogP contribution in [0, 0.1) is 6.92 Å². The van der Waals surface area contributed by atoms with Crippen molar-refractivity contribution in [1.82, 2.24) is 4.90 Å². The van der Waals surface area contributed by atoms with E-state index < -0.39 is 0 Å². The summed E-state index contributed by atoms with van der Waals surface area (Å²) in [5.41, 5.74) is 7.06. The zero-order chi connectivity index (χ0) is 13.7. The minimum absolute atomic E-state index is 0.330. The maximum Gasteiger partial charge on any atom is 0.118 e. The average Bonchev–Trinajstić information content (AvgIpc) is 2.82. The van der Waals surface area contributed by atoms with Crippen LogP contribution in [0.15, 0.2) is 46.9 Å². The highest BCUT2D eigenvalue weighted by molar-refractivity contribution is 5.19. The molecular formula is C16H22N2O. The van der Waals surface area contributed by atoms with Crippen molar-refractivity contribution in [3.05, 3.63) is 59.5 Å². The number of rotatable bonds is 6. The van der Waals surface area contributed by atoms with Crippen LogP contribution in [0.5, 0.6) is 0 Å². The SMILES string of the molecule is Cc1ccc(CN(C)C(CCN)c2ccccc2)o1. The van der Waals surface area contributed by atoms with Gasteiger partial charge in [0.05, 0.1) is 6.54 Å². The molecule has 0 bridgehead atoms. The second-order valence-electron chi connectivity index (χ2n) is 4.93. The lowest BCUT2D eigenvalue weighted by atomic mass is 10.0. The van der Waals surface area contributed by atoms with Gasteiger partial charge in [-0.15, -0.1) is 0 Å². The van der Waals surface area contributed by atoms with Gasteiger partial charge < -0.3 is 10.2 Å². The standard InChI is InChI=1S/C16H22N2O/c1-13-8-9-15(19-13)12-18(2)16(10-11-17)14-6-4-3-5-7-14/h3-9,16H,10-12,17H2,1-2H3. The Morgan fingerprint density at radius 3 is 2.47 bits per heavy atom. The first-order chi connectivity index (χ1) is 9.20. The first kappa shape index (κ1) is 13.8. The van der Waals surface area contributed by atoms with Gasteiger partial charge in [0.2, 0.25) is 0 Å². The number of nitrogens with zero attached hydrogens (tertiary/aromatic N) is 1. The Bertz CT molecular complexity index is 492. The molecule has 0 amide bonds. The fourth-order valence-corrected chi connectivity index (χ4v) is 2.40.